The van der Waals surface area contributed by atoms with Crippen molar-refractivity contribution in [2.45, 2.75) is 12.8 Å². The van der Waals surface area contributed by atoms with Crippen molar-refractivity contribution in [2.75, 3.05) is 40.8 Å². The molecule has 1 aromatic carbocycles. The molecule has 0 bridgehead atoms. The van der Waals surface area contributed by atoms with Gasteiger partial charge >= 0.3 is 0 Å². The van der Waals surface area contributed by atoms with E-state index in [9.17, 15) is 0 Å². The molecule has 5 heteroatoms. The van der Waals surface area contributed by atoms with Crippen molar-refractivity contribution in [3.63, 3.8) is 0 Å². The van der Waals surface area contributed by atoms with Gasteiger partial charge in [0.1, 0.15) is 0 Å². The fourth-order valence-electron chi connectivity index (χ4n) is 1.79. The van der Waals surface area contributed by atoms with Gasteiger partial charge in [-0.2, -0.15) is 0 Å². The zero-order chi connectivity index (χ0) is 13.9. The normalized spacial score (nSPS) is 11.1. The molecule has 0 radical (unpaired) electrons. The zero-order valence-corrected chi connectivity index (χ0v) is 15.1. The molecule has 0 amide bonds. The largest absolute Gasteiger partial charge is 0.356 e. The predicted molar refractivity (Wildman–Crippen MR) is 98.1 cm³/mol. The Balaban J connectivity index is 0.00000361. The van der Waals surface area contributed by atoms with Crippen LogP contribution in [0, 0.1) is 0 Å². The molecule has 1 rings (SSSR count). The second-order valence-corrected chi connectivity index (χ2v) is 4.82. The van der Waals surface area contributed by atoms with E-state index < -0.39 is 0 Å². The van der Waals surface area contributed by atoms with Gasteiger partial charge in [-0.1, -0.05) is 30.3 Å². The number of nitrogens with one attached hydrogen (secondary N) is 2. The molecule has 0 heterocycles. The molecule has 0 aliphatic heterocycles. The van der Waals surface area contributed by atoms with Crippen molar-refractivity contribution in [2.24, 2.45) is 4.99 Å². The third kappa shape index (κ3) is 9.14. The Morgan fingerprint density at radius 2 is 1.75 bits per heavy atom. The number of hydrogen-bond donors (Lipinski definition) is 2. The summed E-state index contributed by atoms with van der Waals surface area (Å²) >= 11 is 0. The maximum Gasteiger partial charge on any atom is 0.190 e. The first-order valence-corrected chi connectivity index (χ1v) is 6.85. The summed E-state index contributed by atoms with van der Waals surface area (Å²) in [6.45, 7) is 2.94. The van der Waals surface area contributed by atoms with Gasteiger partial charge in [-0.3, -0.25) is 4.99 Å². The Labute approximate surface area is 140 Å². The van der Waals surface area contributed by atoms with E-state index in [0.29, 0.717) is 0 Å². The van der Waals surface area contributed by atoms with Crippen LogP contribution in [0.4, 0.5) is 0 Å². The lowest BCUT2D eigenvalue weighted by Gasteiger charge is -2.13. The fourth-order valence-corrected chi connectivity index (χ4v) is 1.79. The van der Waals surface area contributed by atoms with E-state index in [1.165, 1.54) is 5.56 Å². The summed E-state index contributed by atoms with van der Waals surface area (Å²) in [5.41, 5.74) is 1.35. The summed E-state index contributed by atoms with van der Waals surface area (Å²) in [4.78, 5) is 6.40. The highest BCUT2D eigenvalue weighted by molar-refractivity contribution is 14.0. The summed E-state index contributed by atoms with van der Waals surface area (Å²) in [5.74, 6) is 0.884. The van der Waals surface area contributed by atoms with Crippen molar-refractivity contribution in [1.29, 1.82) is 0 Å². The van der Waals surface area contributed by atoms with Crippen LogP contribution >= 0.6 is 24.0 Å². The molecule has 0 atom stereocenters. The molecule has 2 N–H and O–H groups in total. The monoisotopic (exact) mass is 390 g/mol. The van der Waals surface area contributed by atoms with Crippen LogP contribution in [0.3, 0.4) is 0 Å². The number of hydrogen-bond acceptors (Lipinski definition) is 2. The molecule has 0 aliphatic rings. The van der Waals surface area contributed by atoms with E-state index in [2.05, 4.69) is 58.9 Å². The Morgan fingerprint density at radius 1 is 1.10 bits per heavy atom. The van der Waals surface area contributed by atoms with Gasteiger partial charge in [-0.15, -0.1) is 24.0 Å². The van der Waals surface area contributed by atoms with Crippen LogP contribution in [-0.4, -0.2) is 51.6 Å². The number of guanidine groups is 1. The molecule has 0 aromatic heterocycles. The molecule has 0 saturated heterocycles. The second-order valence-electron chi connectivity index (χ2n) is 4.82. The van der Waals surface area contributed by atoms with Crippen molar-refractivity contribution in [3.8, 4) is 0 Å². The smallest absolute Gasteiger partial charge is 0.190 e. The quantitative estimate of drug-likeness (QED) is 0.324. The van der Waals surface area contributed by atoms with Gasteiger partial charge in [0, 0.05) is 20.1 Å². The van der Waals surface area contributed by atoms with E-state index in [-0.39, 0.29) is 24.0 Å². The number of nitrogens with zero attached hydrogens (tertiary/aromatic N) is 2. The van der Waals surface area contributed by atoms with Gasteiger partial charge in [-0.25, -0.2) is 0 Å². The highest BCUT2D eigenvalue weighted by Gasteiger charge is 1.97. The third-order valence-corrected chi connectivity index (χ3v) is 2.85. The van der Waals surface area contributed by atoms with Gasteiger partial charge < -0.3 is 15.5 Å². The molecule has 0 aliphatic carbocycles. The molecule has 0 unspecified atom stereocenters. The van der Waals surface area contributed by atoms with Gasteiger partial charge in [0.2, 0.25) is 0 Å². The number of benzene rings is 1. The Kier molecular flexibility index (Phi) is 11.5. The van der Waals surface area contributed by atoms with Gasteiger partial charge in [0.05, 0.1) is 0 Å². The Hall–Kier alpha value is -0.820. The number of rotatable bonds is 7. The number of halogens is 1. The van der Waals surface area contributed by atoms with E-state index >= 15 is 0 Å². The summed E-state index contributed by atoms with van der Waals surface area (Å²) in [7, 11) is 5.99. The van der Waals surface area contributed by atoms with Gasteiger partial charge in [-0.05, 0) is 39.0 Å². The second kappa shape index (κ2) is 12.0. The van der Waals surface area contributed by atoms with Crippen molar-refractivity contribution < 1.29 is 0 Å². The van der Waals surface area contributed by atoms with Crippen LogP contribution in [0.2, 0.25) is 0 Å². The Morgan fingerprint density at radius 3 is 2.35 bits per heavy atom. The maximum atomic E-state index is 4.22. The van der Waals surface area contributed by atoms with Gasteiger partial charge in [0.25, 0.3) is 0 Å². The highest BCUT2D eigenvalue weighted by atomic mass is 127. The topological polar surface area (TPSA) is 39.7 Å². The SMILES string of the molecule is CN=C(NCCCN(C)C)NCCc1ccccc1.I. The Bertz CT molecular complexity index is 365. The first-order valence-electron chi connectivity index (χ1n) is 6.85. The highest BCUT2D eigenvalue weighted by Crippen LogP contribution is 1.97. The number of aliphatic imine (C=N–C) groups is 1. The minimum Gasteiger partial charge on any atom is -0.356 e. The van der Waals surface area contributed by atoms with Crippen molar-refractivity contribution in [3.05, 3.63) is 35.9 Å². The lowest BCUT2D eigenvalue weighted by molar-refractivity contribution is 0.399. The summed E-state index contributed by atoms with van der Waals surface area (Å²) in [6.07, 6.45) is 2.13. The average molecular weight is 390 g/mol. The lowest BCUT2D eigenvalue weighted by Crippen LogP contribution is -2.39. The molecule has 4 nitrogen and oxygen atoms in total. The van der Waals surface area contributed by atoms with Crippen LogP contribution in [0.15, 0.2) is 35.3 Å². The minimum atomic E-state index is 0. The van der Waals surface area contributed by atoms with Crippen LogP contribution < -0.4 is 10.6 Å². The zero-order valence-electron chi connectivity index (χ0n) is 12.7. The molecule has 0 fully saturated rings. The maximum absolute atomic E-state index is 4.22. The standard InChI is InChI=1S/C15H26N4.HI/c1-16-15(17-11-7-13-19(2)3)18-12-10-14-8-5-4-6-9-14;/h4-6,8-9H,7,10-13H2,1-3H3,(H2,16,17,18);1H. The summed E-state index contributed by atoms with van der Waals surface area (Å²) in [6, 6.07) is 10.5. The van der Waals surface area contributed by atoms with Crippen LogP contribution in [0.1, 0.15) is 12.0 Å². The first kappa shape index (κ1) is 19.2. The van der Waals surface area contributed by atoms with Crippen LogP contribution in [-0.2, 0) is 6.42 Å². The van der Waals surface area contributed by atoms with Crippen LogP contribution in [0.25, 0.3) is 0 Å². The molecule has 114 valence electrons. The predicted octanol–water partition coefficient (Wildman–Crippen LogP) is 1.96. The van der Waals surface area contributed by atoms with Crippen molar-refractivity contribution >= 4 is 29.9 Å². The average Bonchev–Trinajstić information content (AvgIpc) is 2.42. The van der Waals surface area contributed by atoms with Crippen LogP contribution in [0.5, 0.6) is 0 Å². The van der Waals surface area contributed by atoms with E-state index in [1.54, 1.807) is 0 Å². The third-order valence-electron chi connectivity index (χ3n) is 2.85. The first-order chi connectivity index (χ1) is 9.22. The van der Waals surface area contributed by atoms with E-state index in [0.717, 1.165) is 38.4 Å². The lowest BCUT2D eigenvalue weighted by atomic mass is 10.1. The molecule has 0 spiro atoms. The summed E-state index contributed by atoms with van der Waals surface area (Å²) in [5, 5.41) is 6.65. The minimum absolute atomic E-state index is 0. The molecular formula is C15H27IN4. The van der Waals surface area contributed by atoms with Gasteiger partial charge in [0.15, 0.2) is 5.96 Å². The molecule has 1 aromatic rings. The van der Waals surface area contributed by atoms with E-state index in [1.807, 2.05) is 13.1 Å². The molecule has 20 heavy (non-hydrogen) atoms. The summed E-state index contributed by atoms with van der Waals surface area (Å²) < 4.78 is 0. The molecular weight excluding hydrogens is 363 g/mol. The molecule has 0 saturated carbocycles. The van der Waals surface area contributed by atoms with Crippen molar-refractivity contribution in [1.82, 2.24) is 15.5 Å². The fraction of sp³-hybridized carbons (Fsp3) is 0.533. The van der Waals surface area contributed by atoms with E-state index in [4.69, 9.17) is 0 Å².